The minimum atomic E-state index is -3.47. The Bertz CT molecular complexity index is 803. The number of rotatable bonds is 6. The number of hydrogen-bond acceptors (Lipinski definition) is 3. The molecule has 0 heterocycles. The first-order valence-electron chi connectivity index (χ1n) is 7.41. The number of anilines is 1. The van der Waals surface area contributed by atoms with Gasteiger partial charge in [0.15, 0.2) is 0 Å². The molecule has 2 aromatic rings. The first-order chi connectivity index (χ1) is 11.3. The Kier molecular flexibility index (Phi) is 5.85. The van der Waals surface area contributed by atoms with E-state index in [-0.39, 0.29) is 12.5 Å². The van der Waals surface area contributed by atoms with Gasteiger partial charge in [-0.25, -0.2) is 8.42 Å². The van der Waals surface area contributed by atoms with Crippen LogP contribution in [-0.4, -0.2) is 27.1 Å². The summed E-state index contributed by atoms with van der Waals surface area (Å²) in [7, 11) is -3.47. The number of nitrogens with zero attached hydrogens (tertiary/aromatic N) is 1. The van der Waals surface area contributed by atoms with E-state index in [1.165, 1.54) is 4.31 Å². The van der Waals surface area contributed by atoms with Crippen LogP contribution >= 0.6 is 11.6 Å². The molecule has 0 aromatic heterocycles. The van der Waals surface area contributed by atoms with Crippen LogP contribution in [-0.2, 0) is 16.6 Å². The molecule has 1 amide bonds. The lowest BCUT2D eigenvalue weighted by atomic mass is 10.2. The predicted molar refractivity (Wildman–Crippen MR) is 96.9 cm³/mol. The number of carbonyl (C=O) groups excluding carboxylic acids is 1. The van der Waals surface area contributed by atoms with Crippen molar-refractivity contribution >= 4 is 33.2 Å². The van der Waals surface area contributed by atoms with Gasteiger partial charge in [-0.15, -0.1) is 0 Å². The van der Waals surface area contributed by atoms with Gasteiger partial charge in [0, 0.05) is 17.1 Å². The van der Waals surface area contributed by atoms with Crippen LogP contribution in [0.25, 0.3) is 0 Å². The van der Waals surface area contributed by atoms with Gasteiger partial charge in [-0.3, -0.25) is 9.10 Å². The van der Waals surface area contributed by atoms with Gasteiger partial charge >= 0.3 is 0 Å². The zero-order valence-corrected chi connectivity index (χ0v) is 15.1. The average Bonchev–Trinajstić information content (AvgIpc) is 2.53. The third-order valence-electron chi connectivity index (χ3n) is 3.39. The van der Waals surface area contributed by atoms with Crippen LogP contribution in [0, 0.1) is 0 Å². The van der Waals surface area contributed by atoms with Crippen LogP contribution in [0.4, 0.5) is 5.69 Å². The van der Waals surface area contributed by atoms with Crippen LogP contribution in [0.1, 0.15) is 22.8 Å². The summed E-state index contributed by atoms with van der Waals surface area (Å²) in [6, 6.07) is 13.5. The van der Waals surface area contributed by atoms with Crippen molar-refractivity contribution in [3.8, 4) is 0 Å². The van der Waals surface area contributed by atoms with Gasteiger partial charge in [0.25, 0.3) is 5.91 Å². The minimum absolute atomic E-state index is 0.187. The molecule has 5 nitrogen and oxygen atoms in total. The maximum absolute atomic E-state index is 12.1. The lowest BCUT2D eigenvalue weighted by Gasteiger charge is -2.22. The molecule has 1 N–H and O–H groups in total. The SMILES string of the molecule is CCNC(=O)c1ccc(N(Cc2ccc(Cl)cc2)S(C)(=O)=O)cc1. The molecule has 24 heavy (non-hydrogen) atoms. The summed E-state index contributed by atoms with van der Waals surface area (Å²) >= 11 is 5.86. The molecule has 7 heteroatoms. The summed E-state index contributed by atoms with van der Waals surface area (Å²) in [6.45, 7) is 2.56. The van der Waals surface area contributed by atoms with Crippen LogP contribution in [0.2, 0.25) is 5.02 Å². The van der Waals surface area contributed by atoms with E-state index in [0.29, 0.717) is 22.8 Å². The maximum Gasteiger partial charge on any atom is 0.251 e. The van der Waals surface area contributed by atoms with E-state index in [1.807, 2.05) is 6.92 Å². The van der Waals surface area contributed by atoms with E-state index in [2.05, 4.69) is 5.32 Å². The normalized spacial score (nSPS) is 11.1. The smallest absolute Gasteiger partial charge is 0.251 e. The monoisotopic (exact) mass is 366 g/mol. The van der Waals surface area contributed by atoms with E-state index in [0.717, 1.165) is 11.8 Å². The number of hydrogen-bond donors (Lipinski definition) is 1. The van der Waals surface area contributed by atoms with E-state index >= 15 is 0 Å². The minimum Gasteiger partial charge on any atom is -0.352 e. The van der Waals surface area contributed by atoms with E-state index in [4.69, 9.17) is 11.6 Å². The fourth-order valence-electron chi connectivity index (χ4n) is 2.20. The molecule has 0 saturated carbocycles. The quantitative estimate of drug-likeness (QED) is 0.854. The van der Waals surface area contributed by atoms with E-state index in [9.17, 15) is 13.2 Å². The van der Waals surface area contributed by atoms with Crippen molar-refractivity contribution in [2.45, 2.75) is 13.5 Å². The van der Waals surface area contributed by atoms with E-state index in [1.54, 1.807) is 48.5 Å². The zero-order valence-electron chi connectivity index (χ0n) is 13.5. The van der Waals surface area contributed by atoms with Crippen molar-refractivity contribution in [1.29, 1.82) is 0 Å². The Hall–Kier alpha value is -2.05. The molecule has 0 radical (unpaired) electrons. The second-order valence-electron chi connectivity index (χ2n) is 5.30. The van der Waals surface area contributed by atoms with Crippen molar-refractivity contribution in [3.05, 3.63) is 64.7 Å². The second-order valence-corrected chi connectivity index (χ2v) is 7.65. The highest BCUT2D eigenvalue weighted by Gasteiger charge is 2.18. The van der Waals surface area contributed by atoms with Gasteiger partial charge < -0.3 is 5.32 Å². The molecule has 0 atom stereocenters. The Balaban J connectivity index is 2.28. The van der Waals surface area contributed by atoms with Crippen molar-refractivity contribution in [2.75, 3.05) is 17.1 Å². The first kappa shape index (κ1) is 18.3. The van der Waals surface area contributed by atoms with Gasteiger partial charge in [-0.1, -0.05) is 23.7 Å². The van der Waals surface area contributed by atoms with Crippen molar-refractivity contribution in [1.82, 2.24) is 5.32 Å². The summed E-state index contributed by atoms with van der Waals surface area (Å²) < 4.78 is 25.6. The highest BCUT2D eigenvalue weighted by molar-refractivity contribution is 7.92. The molecule has 0 aliphatic heterocycles. The molecule has 0 fully saturated rings. The number of sulfonamides is 1. The Morgan fingerprint density at radius 1 is 1.08 bits per heavy atom. The van der Waals surface area contributed by atoms with Crippen LogP contribution in [0.15, 0.2) is 48.5 Å². The zero-order chi connectivity index (χ0) is 17.7. The number of halogens is 1. The number of nitrogens with one attached hydrogen (secondary N) is 1. The molecular formula is C17H19ClN2O3S. The Labute approximate surface area is 147 Å². The number of amides is 1. The van der Waals surface area contributed by atoms with Gasteiger partial charge in [0.1, 0.15) is 0 Å². The summed E-state index contributed by atoms with van der Waals surface area (Å²) in [5.74, 6) is -0.187. The first-order valence-corrected chi connectivity index (χ1v) is 9.64. The fourth-order valence-corrected chi connectivity index (χ4v) is 3.21. The summed E-state index contributed by atoms with van der Waals surface area (Å²) in [6.07, 6.45) is 1.15. The van der Waals surface area contributed by atoms with Crippen molar-refractivity contribution in [2.24, 2.45) is 0 Å². The van der Waals surface area contributed by atoms with E-state index < -0.39 is 10.0 Å². The largest absolute Gasteiger partial charge is 0.352 e. The maximum atomic E-state index is 12.1. The van der Waals surface area contributed by atoms with Crippen molar-refractivity contribution in [3.63, 3.8) is 0 Å². The molecule has 0 spiro atoms. The summed E-state index contributed by atoms with van der Waals surface area (Å²) in [4.78, 5) is 11.8. The lowest BCUT2D eigenvalue weighted by Crippen LogP contribution is -2.29. The second kappa shape index (κ2) is 7.68. The molecule has 0 bridgehead atoms. The molecule has 0 aliphatic carbocycles. The van der Waals surface area contributed by atoms with Crippen LogP contribution < -0.4 is 9.62 Å². The molecule has 128 valence electrons. The summed E-state index contributed by atoms with van der Waals surface area (Å²) in [5.41, 5.74) is 1.80. The molecule has 0 aliphatic rings. The topological polar surface area (TPSA) is 66.5 Å². The highest BCUT2D eigenvalue weighted by atomic mass is 35.5. The molecule has 0 unspecified atom stereocenters. The fraction of sp³-hybridized carbons (Fsp3) is 0.235. The van der Waals surface area contributed by atoms with Gasteiger partial charge in [-0.2, -0.15) is 0 Å². The molecule has 2 aromatic carbocycles. The van der Waals surface area contributed by atoms with Gasteiger partial charge in [0.2, 0.25) is 10.0 Å². The third kappa shape index (κ3) is 4.72. The molecule has 2 rings (SSSR count). The highest BCUT2D eigenvalue weighted by Crippen LogP contribution is 2.22. The Morgan fingerprint density at radius 2 is 1.67 bits per heavy atom. The lowest BCUT2D eigenvalue weighted by molar-refractivity contribution is 0.0956. The summed E-state index contributed by atoms with van der Waals surface area (Å²) in [5, 5.41) is 3.30. The predicted octanol–water partition coefficient (Wildman–Crippen LogP) is 3.06. The number of benzene rings is 2. The molecular weight excluding hydrogens is 348 g/mol. The van der Waals surface area contributed by atoms with Gasteiger partial charge in [0.05, 0.1) is 18.5 Å². The third-order valence-corrected chi connectivity index (χ3v) is 4.79. The Morgan fingerprint density at radius 3 is 2.17 bits per heavy atom. The van der Waals surface area contributed by atoms with Gasteiger partial charge in [-0.05, 0) is 48.9 Å². The van der Waals surface area contributed by atoms with Crippen molar-refractivity contribution < 1.29 is 13.2 Å². The molecule has 0 saturated heterocycles. The van der Waals surface area contributed by atoms with Crippen LogP contribution in [0.3, 0.4) is 0 Å². The van der Waals surface area contributed by atoms with Crippen LogP contribution in [0.5, 0.6) is 0 Å². The average molecular weight is 367 g/mol. The number of carbonyl (C=O) groups is 1. The standard InChI is InChI=1S/C17H19ClN2O3S/c1-3-19-17(21)14-6-10-16(11-7-14)20(24(2,22)23)12-13-4-8-15(18)9-5-13/h4-11H,3,12H2,1-2H3,(H,19,21).